The van der Waals surface area contributed by atoms with E-state index in [2.05, 4.69) is 20.7 Å². The van der Waals surface area contributed by atoms with Gasteiger partial charge in [-0.3, -0.25) is 9.67 Å². The summed E-state index contributed by atoms with van der Waals surface area (Å²) >= 11 is 0. The van der Waals surface area contributed by atoms with E-state index in [1.54, 1.807) is 12.1 Å². The predicted octanol–water partition coefficient (Wildman–Crippen LogP) is 3.49. The molecule has 3 aromatic rings. The Balaban J connectivity index is 1.89. The van der Waals surface area contributed by atoms with Gasteiger partial charge in [0.15, 0.2) is 5.82 Å². The number of pyridine rings is 1. The summed E-state index contributed by atoms with van der Waals surface area (Å²) in [5.74, 6) is -0.351. The highest BCUT2D eigenvalue weighted by Gasteiger charge is 2.16. The molecule has 0 atom stereocenters. The van der Waals surface area contributed by atoms with Gasteiger partial charge in [0.2, 0.25) is 0 Å². The van der Waals surface area contributed by atoms with Crippen LogP contribution < -0.4 is 10.6 Å². The van der Waals surface area contributed by atoms with Crippen LogP contribution in [0.25, 0.3) is 10.9 Å². The number of anilines is 2. The molecule has 0 saturated heterocycles. The monoisotopic (exact) mass is 385 g/mol. The lowest BCUT2D eigenvalue weighted by Crippen LogP contribution is -2.08. The molecule has 0 aliphatic rings. The Morgan fingerprint density at radius 3 is 2.89 bits per heavy atom. The van der Waals surface area contributed by atoms with Gasteiger partial charge in [0.1, 0.15) is 5.82 Å². The van der Waals surface area contributed by atoms with Gasteiger partial charge in [-0.25, -0.2) is 9.18 Å². The Morgan fingerprint density at radius 2 is 2.11 bits per heavy atom. The molecule has 148 valence electrons. The van der Waals surface area contributed by atoms with E-state index in [1.165, 1.54) is 31.6 Å². The Hall–Kier alpha value is -3.00. The first-order chi connectivity index (χ1) is 13.6. The quantitative estimate of drug-likeness (QED) is 0.433. The number of halogens is 1. The third kappa shape index (κ3) is 4.45. The van der Waals surface area contributed by atoms with E-state index in [0.29, 0.717) is 22.5 Å². The molecule has 28 heavy (non-hydrogen) atoms. The van der Waals surface area contributed by atoms with Crippen LogP contribution in [-0.4, -0.2) is 41.4 Å². The number of ether oxygens (including phenoxy) is 1. The smallest absolute Gasteiger partial charge is 0.340 e. The molecule has 0 spiro atoms. The number of carbonyl (C=O) groups is 1. The van der Waals surface area contributed by atoms with Crippen LogP contribution in [0.15, 0.2) is 36.7 Å². The van der Waals surface area contributed by atoms with Crippen LogP contribution in [0.4, 0.5) is 15.9 Å². The fourth-order valence-corrected chi connectivity index (χ4v) is 3.06. The molecule has 0 unspecified atom stereocenters. The van der Waals surface area contributed by atoms with Gasteiger partial charge < -0.3 is 15.4 Å². The molecular weight excluding hydrogens is 361 g/mol. The van der Waals surface area contributed by atoms with Gasteiger partial charge >= 0.3 is 5.97 Å². The number of nitrogens with one attached hydrogen (secondary N) is 2. The molecule has 2 N–H and O–H groups in total. The van der Waals surface area contributed by atoms with E-state index in [9.17, 15) is 9.18 Å². The predicted molar refractivity (Wildman–Crippen MR) is 106 cm³/mol. The zero-order chi connectivity index (χ0) is 19.9. The molecule has 8 heteroatoms. The summed E-state index contributed by atoms with van der Waals surface area (Å²) in [5, 5.41) is 11.5. The summed E-state index contributed by atoms with van der Waals surface area (Å²) in [6.07, 6.45) is 6.16. The highest BCUT2D eigenvalue weighted by molar-refractivity contribution is 5.98. The molecule has 0 fully saturated rings. The summed E-state index contributed by atoms with van der Waals surface area (Å²) in [5.41, 5.74) is 1.63. The molecule has 3 rings (SSSR count). The maximum Gasteiger partial charge on any atom is 0.340 e. The number of nitrogens with zero attached hydrogens (tertiary/aromatic N) is 3. The van der Waals surface area contributed by atoms with E-state index in [0.717, 1.165) is 37.9 Å². The zero-order valence-corrected chi connectivity index (χ0v) is 16.0. The van der Waals surface area contributed by atoms with Crippen LogP contribution in [0.5, 0.6) is 0 Å². The Morgan fingerprint density at radius 1 is 1.25 bits per heavy atom. The molecule has 1 aromatic carbocycles. The zero-order valence-electron chi connectivity index (χ0n) is 16.0. The maximum atomic E-state index is 13.9. The van der Waals surface area contributed by atoms with Crippen molar-refractivity contribution in [2.75, 3.05) is 26.0 Å². The Labute approximate surface area is 162 Å². The summed E-state index contributed by atoms with van der Waals surface area (Å²) < 4.78 is 20.5. The number of hydrogen-bond acceptors (Lipinski definition) is 6. The second kappa shape index (κ2) is 9.27. The molecule has 0 amide bonds. The number of unbranched alkanes of at least 4 members (excludes halogenated alkanes) is 2. The number of esters is 1. The number of hydrogen-bond donors (Lipinski definition) is 2. The summed E-state index contributed by atoms with van der Waals surface area (Å²) in [6.45, 7) is 1.71. The SMILES string of the molecule is CNCCCCCn1nc(Nc2cnccc2C(=O)OC)c2cc(F)ccc21. The highest BCUT2D eigenvalue weighted by Crippen LogP contribution is 2.28. The Kier molecular flexibility index (Phi) is 6.54. The van der Waals surface area contributed by atoms with Crippen molar-refractivity contribution in [2.24, 2.45) is 0 Å². The number of fused-ring (bicyclic) bond motifs is 1. The first-order valence-corrected chi connectivity index (χ1v) is 9.24. The second-order valence-corrected chi connectivity index (χ2v) is 6.44. The topological polar surface area (TPSA) is 81.1 Å². The average Bonchev–Trinajstić information content (AvgIpc) is 3.04. The lowest BCUT2D eigenvalue weighted by molar-refractivity contribution is 0.0602. The normalized spacial score (nSPS) is 11.0. The molecule has 0 bridgehead atoms. The largest absolute Gasteiger partial charge is 0.465 e. The van der Waals surface area contributed by atoms with Gasteiger partial charge in [-0.2, -0.15) is 5.10 Å². The summed E-state index contributed by atoms with van der Waals surface area (Å²) in [6, 6.07) is 6.15. The summed E-state index contributed by atoms with van der Waals surface area (Å²) in [4.78, 5) is 16.1. The number of carbonyl (C=O) groups excluding carboxylic acids is 1. The minimum atomic E-state index is -0.482. The van der Waals surface area contributed by atoms with Gasteiger partial charge in [-0.15, -0.1) is 0 Å². The minimum Gasteiger partial charge on any atom is -0.465 e. The molecular formula is C20H24FN5O2. The first-order valence-electron chi connectivity index (χ1n) is 9.24. The van der Waals surface area contributed by atoms with Crippen molar-refractivity contribution in [2.45, 2.75) is 25.8 Å². The lowest BCUT2D eigenvalue weighted by atomic mass is 10.2. The molecule has 0 saturated carbocycles. The molecule has 2 heterocycles. The number of benzene rings is 1. The fraction of sp³-hybridized carbons (Fsp3) is 0.350. The molecule has 0 aliphatic carbocycles. The molecule has 0 radical (unpaired) electrons. The van der Waals surface area contributed by atoms with Crippen LogP contribution in [-0.2, 0) is 11.3 Å². The van der Waals surface area contributed by atoms with Crippen LogP contribution in [0.3, 0.4) is 0 Å². The van der Waals surface area contributed by atoms with Crippen LogP contribution in [0, 0.1) is 5.82 Å². The number of methoxy groups -OCH3 is 1. The Bertz CT molecular complexity index is 957. The summed E-state index contributed by atoms with van der Waals surface area (Å²) in [7, 11) is 3.26. The first kappa shape index (κ1) is 19.8. The van der Waals surface area contributed by atoms with E-state index in [4.69, 9.17) is 4.74 Å². The molecule has 2 aromatic heterocycles. The van der Waals surface area contributed by atoms with Crippen LogP contribution in [0.2, 0.25) is 0 Å². The van der Waals surface area contributed by atoms with Crippen molar-refractivity contribution in [1.29, 1.82) is 0 Å². The number of aromatic nitrogens is 3. The van der Waals surface area contributed by atoms with E-state index < -0.39 is 5.97 Å². The number of rotatable bonds is 9. The van der Waals surface area contributed by atoms with Gasteiger partial charge in [-0.1, -0.05) is 6.42 Å². The molecule has 7 nitrogen and oxygen atoms in total. The van der Waals surface area contributed by atoms with E-state index in [-0.39, 0.29) is 5.82 Å². The van der Waals surface area contributed by atoms with Crippen molar-refractivity contribution in [1.82, 2.24) is 20.1 Å². The lowest BCUT2D eigenvalue weighted by Gasteiger charge is -2.08. The average molecular weight is 385 g/mol. The minimum absolute atomic E-state index is 0.337. The van der Waals surface area contributed by atoms with Gasteiger partial charge in [0.25, 0.3) is 0 Å². The van der Waals surface area contributed by atoms with Crippen molar-refractivity contribution in [3.8, 4) is 0 Å². The van der Waals surface area contributed by atoms with E-state index in [1.807, 2.05) is 11.7 Å². The van der Waals surface area contributed by atoms with Crippen molar-refractivity contribution in [3.05, 3.63) is 48.0 Å². The highest BCUT2D eigenvalue weighted by atomic mass is 19.1. The van der Waals surface area contributed by atoms with Gasteiger partial charge in [0, 0.05) is 18.1 Å². The van der Waals surface area contributed by atoms with Crippen molar-refractivity contribution in [3.63, 3.8) is 0 Å². The van der Waals surface area contributed by atoms with Crippen LogP contribution >= 0.6 is 0 Å². The third-order valence-corrected chi connectivity index (χ3v) is 4.49. The van der Waals surface area contributed by atoms with Crippen molar-refractivity contribution >= 4 is 28.4 Å². The molecule has 0 aliphatic heterocycles. The van der Waals surface area contributed by atoms with E-state index >= 15 is 0 Å². The number of aryl methyl sites for hydroxylation is 1. The van der Waals surface area contributed by atoms with Gasteiger partial charge in [0.05, 0.1) is 30.1 Å². The fourth-order valence-electron chi connectivity index (χ4n) is 3.06. The standard InChI is InChI=1S/C20H24FN5O2/c1-22-9-4-3-5-11-26-18-7-6-14(21)12-16(18)19(25-26)24-17-13-23-10-8-15(17)20(27)28-2/h6-8,10,12-13,22H,3-5,9,11H2,1-2H3,(H,24,25). The maximum absolute atomic E-state index is 13.9. The third-order valence-electron chi connectivity index (χ3n) is 4.49. The van der Waals surface area contributed by atoms with Crippen molar-refractivity contribution < 1.29 is 13.9 Å². The van der Waals surface area contributed by atoms with Crippen LogP contribution in [0.1, 0.15) is 29.6 Å². The second-order valence-electron chi connectivity index (χ2n) is 6.44. The van der Waals surface area contributed by atoms with Gasteiger partial charge in [-0.05, 0) is 50.7 Å².